The number of halogens is 1. The number of anilines is 1. The molecule has 2 aromatic rings. The summed E-state index contributed by atoms with van der Waals surface area (Å²) in [5, 5.41) is 0.565. The second kappa shape index (κ2) is 7.63. The Hall–Kier alpha value is -2.85. The van der Waals surface area contributed by atoms with Crippen molar-refractivity contribution in [2.24, 2.45) is 11.8 Å². The van der Waals surface area contributed by atoms with Gasteiger partial charge in [-0.3, -0.25) is 4.79 Å². The Bertz CT molecular complexity index is 1160. The highest BCUT2D eigenvalue weighted by atomic mass is 35.5. The third kappa shape index (κ3) is 3.12. The first-order valence-electron chi connectivity index (χ1n) is 11.3. The molecule has 0 unspecified atom stereocenters. The summed E-state index contributed by atoms with van der Waals surface area (Å²) >= 11 is 5.90. The van der Waals surface area contributed by atoms with E-state index in [-0.39, 0.29) is 18.3 Å². The van der Waals surface area contributed by atoms with Gasteiger partial charge in [-0.15, -0.1) is 0 Å². The number of esters is 1. The average molecular weight is 446 g/mol. The number of ketones is 1. The van der Waals surface area contributed by atoms with E-state index in [1.54, 1.807) is 24.3 Å². The number of benzene rings is 2. The molecular weight excluding hydrogens is 422 g/mol. The largest absolute Gasteiger partial charge is 0.454 e. The van der Waals surface area contributed by atoms with Crippen LogP contribution in [0, 0.1) is 11.8 Å². The van der Waals surface area contributed by atoms with E-state index in [0.717, 1.165) is 31.5 Å². The van der Waals surface area contributed by atoms with E-state index in [4.69, 9.17) is 16.3 Å². The fraction of sp³-hybridized carbons (Fsp3) is 0.333. The van der Waals surface area contributed by atoms with Crippen LogP contribution in [-0.2, 0) is 4.74 Å². The number of hydrogen-bond acceptors (Lipinski definition) is 4. The number of nitrogens with zero attached hydrogens (tertiary/aromatic N) is 1. The van der Waals surface area contributed by atoms with Crippen molar-refractivity contribution in [1.29, 1.82) is 0 Å². The maximum absolute atomic E-state index is 13.2. The number of hydrogen-bond donors (Lipinski definition) is 0. The van der Waals surface area contributed by atoms with Crippen LogP contribution in [0.4, 0.5) is 5.69 Å². The summed E-state index contributed by atoms with van der Waals surface area (Å²) in [5.74, 6) is 1.12. The van der Waals surface area contributed by atoms with Gasteiger partial charge in [0.15, 0.2) is 12.4 Å². The Labute approximate surface area is 192 Å². The van der Waals surface area contributed by atoms with Crippen molar-refractivity contribution in [1.82, 2.24) is 0 Å². The van der Waals surface area contributed by atoms with Gasteiger partial charge in [-0.2, -0.15) is 0 Å². The molecule has 0 bridgehead atoms. The Kier molecular flexibility index (Phi) is 4.72. The van der Waals surface area contributed by atoms with Crippen LogP contribution in [-0.4, -0.2) is 31.4 Å². The summed E-state index contributed by atoms with van der Waals surface area (Å²) < 4.78 is 5.52. The molecule has 4 atom stereocenters. The highest BCUT2D eigenvalue weighted by Gasteiger charge is 2.44. The summed E-state index contributed by atoms with van der Waals surface area (Å²) in [4.78, 5) is 28.2. The molecule has 0 radical (unpaired) electrons. The molecule has 0 N–H and O–H groups in total. The zero-order chi connectivity index (χ0) is 21.8. The predicted octanol–water partition coefficient (Wildman–Crippen LogP) is 5.53. The minimum atomic E-state index is -0.421. The minimum absolute atomic E-state index is 0.234. The molecule has 4 aliphatic rings. The van der Waals surface area contributed by atoms with Crippen LogP contribution in [0.15, 0.2) is 60.7 Å². The molecule has 6 rings (SSSR count). The van der Waals surface area contributed by atoms with E-state index in [9.17, 15) is 9.59 Å². The van der Waals surface area contributed by atoms with E-state index in [0.29, 0.717) is 33.9 Å². The smallest absolute Gasteiger partial charge is 0.338 e. The van der Waals surface area contributed by atoms with Crippen LogP contribution in [0.2, 0.25) is 5.02 Å². The number of fused-ring (bicyclic) bond motifs is 4. The number of ether oxygens (including phenoxy) is 1. The standard InChI is InChI=1S/C27H24ClNO3/c28-19-9-7-16(8-10-19)24(30)15-32-27(31)23-12-11-22-20-5-1-3-17(20)13-29-14-18-4-2-6-21(18)25(23)26(22)29/h1-2,5-12,17-18,20-21H,3-4,13-15H2/t17-,18+,20+,21-/m0/s1. The molecule has 2 aromatic carbocycles. The Balaban J connectivity index is 1.33. The second-order valence-electron chi connectivity index (χ2n) is 9.28. The molecule has 162 valence electrons. The normalized spacial score (nSPS) is 26.5. The highest BCUT2D eigenvalue weighted by Crippen LogP contribution is 2.53. The first kappa shape index (κ1) is 19.8. The van der Waals surface area contributed by atoms with Crippen molar-refractivity contribution in [2.75, 3.05) is 24.6 Å². The third-order valence-corrected chi connectivity index (χ3v) is 7.72. The summed E-state index contributed by atoms with van der Waals surface area (Å²) in [6.07, 6.45) is 11.3. The average Bonchev–Trinajstić information content (AvgIpc) is 3.47. The van der Waals surface area contributed by atoms with Gasteiger partial charge in [0.25, 0.3) is 0 Å². The quantitative estimate of drug-likeness (QED) is 0.352. The fourth-order valence-electron chi connectivity index (χ4n) is 5.99. The molecule has 4 nitrogen and oxygen atoms in total. The van der Waals surface area contributed by atoms with Gasteiger partial charge in [0.2, 0.25) is 0 Å². The van der Waals surface area contributed by atoms with Crippen LogP contribution in [0.25, 0.3) is 0 Å². The number of allylic oxidation sites excluding steroid dienone is 4. The van der Waals surface area contributed by atoms with E-state index in [2.05, 4.69) is 35.3 Å². The molecule has 0 spiro atoms. The van der Waals surface area contributed by atoms with E-state index < -0.39 is 5.97 Å². The van der Waals surface area contributed by atoms with Crippen molar-refractivity contribution in [3.63, 3.8) is 0 Å². The molecule has 2 heterocycles. The summed E-state index contributed by atoms with van der Waals surface area (Å²) in [7, 11) is 0. The van der Waals surface area contributed by atoms with Crippen molar-refractivity contribution in [2.45, 2.75) is 24.7 Å². The maximum atomic E-state index is 13.2. The maximum Gasteiger partial charge on any atom is 0.338 e. The zero-order valence-electron chi connectivity index (χ0n) is 17.7. The van der Waals surface area contributed by atoms with Gasteiger partial charge in [0.1, 0.15) is 0 Å². The van der Waals surface area contributed by atoms with Crippen LogP contribution in [0.1, 0.15) is 56.5 Å². The Morgan fingerprint density at radius 2 is 1.62 bits per heavy atom. The molecule has 0 saturated carbocycles. The first-order chi connectivity index (χ1) is 15.6. The number of carbonyl (C=O) groups excluding carboxylic acids is 2. The van der Waals surface area contributed by atoms with Gasteiger partial charge < -0.3 is 9.64 Å². The van der Waals surface area contributed by atoms with Crippen molar-refractivity contribution in [3.05, 3.63) is 88.0 Å². The van der Waals surface area contributed by atoms with E-state index >= 15 is 0 Å². The number of Topliss-reactive ketones (excluding diaryl/α,β-unsaturated/α-hetero) is 1. The SMILES string of the molecule is O=C(COC(=O)c1ccc2c3c1[C@H]1C=CC[C@@H]1CN3C[C@@H]1CC=C[C@@H]21)c1ccc(Cl)cc1. The predicted molar refractivity (Wildman–Crippen MR) is 125 cm³/mol. The molecule has 0 saturated heterocycles. The van der Waals surface area contributed by atoms with Gasteiger partial charge >= 0.3 is 5.97 Å². The van der Waals surface area contributed by atoms with Gasteiger partial charge in [0, 0.05) is 41.2 Å². The van der Waals surface area contributed by atoms with Crippen molar-refractivity contribution in [3.8, 4) is 0 Å². The lowest BCUT2D eigenvalue weighted by Gasteiger charge is -2.46. The molecule has 0 amide bonds. The first-order valence-corrected chi connectivity index (χ1v) is 11.7. The molecule has 0 fully saturated rings. The highest BCUT2D eigenvalue weighted by molar-refractivity contribution is 6.30. The van der Waals surface area contributed by atoms with Crippen LogP contribution in [0.3, 0.4) is 0 Å². The van der Waals surface area contributed by atoms with Crippen molar-refractivity contribution < 1.29 is 14.3 Å². The van der Waals surface area contributed by atoms with Crippen LogP contribution in [0.5, 0.6) is 0 Å². The molecule has 5 heteroatoms. The zero-order valence-corrected chi connectivity index (χ0v) is 18.4. The number of rotatable bonds is 4. The van der Waals surface area contributed by atoms with Gasteiger partial charge in [0.05, 0.1) is 5.56 Å². The lowest BCUT2D eigenvalue weighted by molar-refractivity contribution is 0.0473. The van der Waals surface area contributed by atoms with Crippen LogP contribution < -0.4 is 4.90 Å². The Morgan fingerprint density at radius 3 is 2.38 bits per heavy atom. The Morgan fingerprint density at radius 1 is 0.938 bits per heavy atom. The van der Waals surface area contributed by atoms with Gasteiger partial charge in [-0.05, 0) is 66.1 Å². The summed E-state index contributed by atoms with van der Waals surface area (Å²) in [6, 6.07) is 10.7. The summed E-state index contributed by atoms with van der Waals surface area (Å²) in [6.45, 7) is 1.79. The molecule has 0 aromatic heterocycles. The summed E-state index contributed by atoms with van der Waals surface area (Å²) in [5.41, 5.74) is 4.73. The molecular formula is C27H24ClNO3. The van der Waals surface area contributed by atoms with Gasteiger partial charge in [-0.25, -0.2) is 4.79 Å². The molecule has 2 aliphatic heterocycles. The van der Waals surface area contributed by atoms with Crippen LogP contribution >= 0.6 is 11.6 Å². The van der Waals surface area contributed by atoms with E-state index in [1.807, 2.05) is 6.07 Å². The molecule has 2 aliphatic carbocycles. The topological polar surface area (TPSA) is 46.6 Å². The lowest BCUT2D eigenvalue weighted by Crippen LogP contribution is -2.44. The fourth-order valence-corrected chi connectivity index (χ4v) is 6.11. The molecule has 32 heavy (non-hydrogen) atoms. The lowest BCUT2D eigenvalue weighted by atomic mass is 9.73. The monoisotopic (exact) mass is 445 g/mol. The minimum Gasteiger partial charge on any atom is -0.454 e. The third-order valence-electron chi connectivity index (χ3n) is 7.47. The second-order valence-corrected chi connectivity index (χ2v) is 9.71. The van der Waals surface area contributed by atoms with Crippen molar-refractivity contribution >= 4 is 29.0 Å². The van der Waals surface area contributed by atoms with E-state index in [1.165, 1.54) is 11.3 Å². The van der Waals surface area contributed by atoms with Gasteiger partial charge in [-0.1, -0.05) is 42.0 Å². The number of carbonyl (C=O) groups is 2.